The van der Waals surface area contributed by atoms with Gasteiger partial charge in [-0.05, 0) is 23.3 Å². The standard InChI is InChI=1S/C17H12Br4Cl2O/c18-16(19)13(9-5-1-3-7-11(9)22)15(24)14(17(20)21)10-6-2-4-8-12(10)23/h1-8,13-14,16-17H. The number of alkyl halides is 4. The molecule has 0 heterocycles. The van der Waals surface area contributed by atoms with Gasteiger partial charge in [-0.3, -0.25) is 4.79 Å². The van der Waals surface area contributed by atoms with Gasteiger partial charge in [0.05, 0.1) is 19.3 Å². The van der Waals surface area contributed by atoms with E-state index in [9.17, 15) is 4.79 Å². The van der Waals surface area contributed by atoms with Gasteiger partial charge >= 0.3 is 0 Å². The van der Waals surface area contributed by atoms with Crippen LogP contribution in [0.4, 0.5) is 0 Å². The average molecular weight is 623 g/mol. The van der Waals surface area contributed by atoms with Crippen LogP contribution in [-0.2, 0) is 4.79 Å². The quantitative estimate of drug-likeness (QED) is 0.303. The number of hydrogen-bond donors (Lipinski definition) is 0. The van der Waals surface area contributed by atoms with E-state index in [1.807, 2.05) is 36.4 Å². The molecule has 0 spiro atoms. The number of carbonyl (C=O) groups excluding carboxylic acids is 1. The van der Waals surface area contributed by atoms with E-state index in [1.165, 1.54) is 0 Å². The highest BCUT2D eigenvalue weighted by Crippen LogP contribution is 2.42. The Morgan fingerprint density at radius 1 is 0.708 bits per heavy atom. The third kappa shape index (κ3) is 4.86. The molecule has 128 valence electrons. The van der Waals surface area contributed by atoms with E-state index >= 15 is 0 Å². The maximum absolute atomic E-state index is 13.4. The van der Waals surface area contributed by atoms with Crippen LogP contribution in [0.5, 0.6) is 0 Å². The molecule has 0 saturated heterocycles. The molecule has 0 saturated carbocycles. The van der Waals surface area contributed by atoms with Gasteiger partial charge in [-0.25, -0.2) is 0 Å². The van der Waals surface area contributed by atoms with Gasteiger partial charge in [-0.2, -0.15) is 0 Å². The van der Waals surface area contributed by atoms with Crippen molar-refractivity contribution in [2.75, 3.05) is 0 Å². The van der Waals surface area contributed by atoms with Gasteiger partial charge < -0.3 is 0 Å². The molecule has 2 atom stereocenters. The summed E-state index contributed by atoms with van der Waals surface area (Å²) in [6.45, 7) is 0. The molecule has 0 N–H and O–H groups in total. The topological polar surface area (TPSA) is 17.1 Å². The van der Waals surface area contributed by atoms with E-state index in [4.69, 9.17) is 23.2 Å². The molecule has 7 heteroatoms. The van der Waals surface area contributed by atoms with Crippen LogP contribution >= 0.6 is 86.9 Å². The number of Topliss-reactive ketones (excluding diaryl/α,β-unsaturated/α-hetero) is 1. The van der Waals surface area contributed by atoms with Crippen molar-refractivity contribution >= 4 is 92.7 Å². The zero-order valence-corrected chi connectivity index (χ0v) is 20.0. The highest BCUT2D eigenvalue weighted by Gasteiger charge is 2.37. The van der Waals surface area contributed by atoms with E-state index in [0.29, 0.717) is 10.0 Å². The molecule has 0 radical (unpaired) electrons. The van der Waals surface area contributed by atoms with Gasteiger partial charge in [0.2, 0.25) is 0 Å². The second kappa shape index (κ2) is 9.52. The summed E-state index contributed by atoms with van der Waals surface area (Å²) in [5.41, 5.74) is 1.53. The van der Waals surface area contributed by atoms with E-state index in [0.717, 1.165) is 11.1 Å². The Hall–Kier alpha value is 0.610. The predicted octanol–water partition coefficient (Wildman–Crippen LogP) is 7.66. The second-order valence-electron chi connectivity index (χ2n) is 5.07. The molecular weight excluding hydrogens is 611 g/mol. The minimum Gasteiger partial charge on any atom is -0.298 e. The zero-order valence-electron chi connectivity index (χ0n) is 12.1. The lowest BCUT2D eigenvalue weighted by atomic mass is 9.85. The van der Waals surface area contributed by atoms with Crippen molar-refractivity contribution in [1.29, 1.82) is 0 Å². The SMILES string of the molecule is O=C(C(c1ccccc1Cl)C(Br)Br)C(c1ccccc1Cl)C(Br)Br. The largest absolute Gasteiger partial charge is 0.298 e. The summed E-state index contributed by atoms with van der Waals surface area (Å²) in [6, 6.07) is 14.7. The summed E-state index contributed by atoms with van der Waals surface area (Å²) in [7, 11) is 0. The first-order valence-electron chi connectivity index (χ1n) is 6.93. The van der Waals surface area contributed by atoms with Crippen LogP contribution in [0.2, 0.25) is 10.0 Å². The average Bonchev–Trinajstić information content (AvgIpc) is 2.51. The second-order valence-corrected chi connectivity index (χ2v) is 12.3. The summed E-state index contributed by atoms with van der Waals surface area (Å²) >= 11 is 26.6. The fourth-order valence-corrected chi connectivity index (χ4v) is 5.16. The number of rotatable bonds is 6. The van der Waals surface area contributed by atoms with Crippen LogP contribution in [0.15, 0.2) is 48.5 Å². The van der Waals surface area contributed by atoms with Crippen molar-refractivity contribution in [3.63, 3.8) is 0 Å². The molecule has 2 rings (SSSR count). The van der Waals surface area contributed by atoms with Gasteiger partial charge in [0, 0.05) is 10.0 Å². The third-order valence-corrected chi connectivity index (χ3v) is 6.40. The molecule has 2 aromatic carbocycles. The van der Waals surface area contributed by atoms with Crippen LogP contribution in [0.3, 0.4) is 0 Å². The smallest absolute Gasteiger partial charge is 0.151 e. The number of ketones is 1. The number of halogens is 6. The Morgan fingerprint density at radius 2 is 1.04 bits per heavy atom. The molecule has 0 bridgehead atoms. The summed E-state index contributed by atoms with van der Waals surface area (Å²) in [5.74, 6) is -0.955. The summed E-state index contributed by atoms with van der Waals surface area (Å²) in [6.07, 6.45) is 0. The van der Waals surface area contributed by atoms with Crippen molar-refractivity contribution in [1.82, 2.24) is 0 Å². The molecule has 1 nitrogen and oxygen atoms in total. The maximum Gasteiger partial charge on any atom is 0.151 e. The fourth-order valence-electron chi connectivity index (χ4n) is 2.47. The monoisotopic (exact) mass is 618 g/mol. The minimum absolute atomic E-state index is 0.00583. The molecular formula is C17H12Br4Cl2O. The molecule has 0 fully saturated rings. The van der Waals surface area contributed by atoms with Gasteiger partial charge in [-0.1, -0.05) is 123 Å². The Labute approximate surface area is 185 Å². The number of carbonyl (C=O) groups is 1. The van der Waals surface area contributed by atoms with Gasteiger partial charge in [0.1, 0.15) is 0 Å². The van der Waals surface area contributed by atoms with Crippen LogP contribution in [0.25, 0.3) is 0 Å². The van der Waals surface area contributed by atoms with Crippen molar-refractivity contribution in [3.8, 4) is 0 Å². The molecule has 0 aliphatic carbocycles. The van der Waals surface area contributed by atoms with E-state index in [2.05, 4.69) is 63.7 Å². The predicted molar refractivity (Wildman–Crippen MR) is 117 cm³/mol. The highest BCUT2D eigenvalue weighted by molar-refractivity contribution is 9.25. The minimum atomic E-state index is -0.474. The zero-order chi connectivity index (χ0) is 17.9. The van der Waals surface area contributed by atoms with Gasteiger partial charge in [0.15, 0.2) is 5.78 Å². The Kier molecular flexibility index (Phi) is 8.30. The molecule has 24 heavy (non-hydrogen) atoms. The van der Waals surface area contributed by atoms with E-state index in [1.54, 1.807) is 12.1 Å². The Bertz CT molecular complexity index is 662. The first-order chi connectivity index (χ1) is 11.3. The number of hydrogen-bond acceptors (Lipinski definition) is 1. The van der Waals surface area contributed by atoms with Gasteiger partial charge in [-0.15, -0.1) is 0 Å². The molecule has 0 aliphatic rings. The summed E-state index contributed by atoms with van der Waals surface area (Å²) in [5, 5.41) is 1.11. The van der Waals surface area contributed by atoms with Crippen LogP contribution in [0, 0.1) is 0 Å². The van der Waals surface area contributed by atoms with E-state index < -0.39 is 11.8 Å². The summed E-state index contributed by atoms with van der Waals surface area (Å²) in [4.78, 5) is 13.4. The molecule has 0 amide bonds. The highest BCUT2D eigenvalue weighted by atomic mass is 79.9. The Balaban J connectivity index is 2.51. The van der Waals surface area contributed by atoms with Crippen molar-refractivity contribution in [3.05, 3.63) is 69.7 Å². The maximum atomic E-state index is 13.4. The van der Waals surface area contributed by atoms with Crippen molar-refractivity contribution in [2.24, 2.45) is 0 Å². The Morgan fingerprint density at radius 3 is 1.33 bits per heavy atom. The first-order valence-corrected chi connectivity index (χ1v) is 11.3. The number of benzene rings is 2. The molecule has 2 unspecified atom stereocenters. The fraction of sp³-hybridized carbons (Fsp3) is 0.235. The van der Waals surface area contributed by atoms with Gasteiger partial charge in [0.25, 0.3) is 0 Å². The summed E-state index contributed by atoms with van der Waals surface area (Å²) < 4.78 is -0.526. The normalized spacial score (nSPS) is 14.0. The first kappa shape index (κ1) is 20.9. The molecule has 2 aromatic rings. The lowest BCUT2D eigenvalue weighted by Gasteiger charge is -2.26. The molecule has 0 aromatic heterocycles. The lowest BCUT2D eigenvalue weighted by Crippen LogP contribution is -2.28. The van der Waals surface area contributed by atoms with E-state index in [-0.39, 0.29) is 13.3 Å². The lowest BCUT2D eigenvalue weighted by molar-refractivity contribution is -0.121. The van der Waals surface area contributed by atoms with Crippen LogP contribution < -0.4 is 0 Å². The molecule has 0 aliphatic heterocycles. The van der Waals surface area contributed by atoms with Crippen LogP contribution in [-0.4, -0.2) is 13.3 Å². The van der Waals surface area contributed by atoms with Crippen LogP contribution in [0.1, 0.15) is 23.0 Å². The third-order valence-electron chi connectivity index (χ3n) is 3.60. The van der Waals surface area contributed by atoms with Crippen molar-refractivity contribution < 1.29 is 4.79 Å². The van der Waals surface area contributed by atoms with Crippen molar-refractivity contribution in [2.45, 2.75) is 19.3 Å².